The molecule has 0 aliphatic carbocycles. The molecular weight excluding hydrogens is 534 g/mol. The van der Waals surface area contributed by atoms with Crippen LogP contribution < -0.4 is 10.4 Å². The van der Waals surface area contributed by atoms with Crippen molar-refractivity contribution >= 4 is 34.3 Å². The number of hydrogen-bond donors (Lipinski definition) is 4. The molecule has 1 aromatic heterocycles. The molecule has 2 aliphatic heterocycles. The van der Waals surface area contributed by atoms with Crippen LogP contribution in [0.4, 0.5) is 0 Å². The number of aromatic hydroxyl groups is 3. The number of carbonyl (C=O) groups excluding carboxylic acids is 1. The molecule has 0 saturated heterocycles. The zero-order valence-corrected chi connectivity index (χ0v) is 21.3. The summed E-state index contributed by atoms with van der Waals surface area (Å²) in [6, 6.07) is 25.0. The molecule has 0 saturated carbocycles. The Kier molecular flexibility index (Phi) is 6.79. The molecule has 1 spiro atoms. The predicted molar refractivity (Wildman–Crippen MR) is 147 cm³/mol. The molecule has 0 atom stereocenters. The van der Waals surface area contributed by atoms with Gasteiger partial charge in [-0.3, -0.25) is 0 Å². The summed E-state index contributed by atoms with van der Waals surface area (Å²) in [7, 11) is 0. The van der Waals surface area contributed by atoms with E-state index in [9.17, 15) is 19.8 Å². The topological polar surface area (TPSA) is 150 Å². The van der Waals surface area contributed by atoms with E-state index in [-0.39, 0.29) is 17.2 Å². The summed E-state index contributed by atoms with van der Waals surface area (Å²) in [6.07, 6.45) is 0. The van der Waals surface area contributed by atoms with Crippen molar-refractivity contribution < 1.29 is 34.0 Å². The number of phenolic OH excluding ortho intramolecular Hbond substituents is 2. The zero-order chi connectivity index (χ0) is 28.4. The van der Waals surface area contributed by atoms with Crippen molar-refractivity contribution in [1.29, 1.82) is 5.41 Å². The highest BCUT2D eigenvalue weighted by molar-refractivity contribution is 7.78. The molecule has 10 heteroatoms. The predicted octanol–water partition coefficient (Wildman–Crippen LogP) is 5.83. The van der Waals surface area contributed by atoms with E-state index in [1.807, 2.05) is 18.2 Å². The molecule has 0 unspecified atom stereocenters. The number of para-hydroxylation sites is 1. The van der Waals surface area contributed by atoms with Gasteiger partial charge >= 0.3 is 11.6 Å². The highest BCUT2D eigenvalue weighted by Crippen LogP contribution is 2.56. The molecule has 40 heavy (non-hydrogen) atoms. The lowest BCUT2D eigenvalue weighted by Gasteiger charge is -2.36. The van der Waals surface area contributed by atoms with Gasteiger partial charge in [0.25, 0.3) is 0 Å². The maximum absolute atomic E-state index is 12.5. The van der Waals surface area contributed by atoms with E-state index < -0.39 is 17.2 Å². The maximum atomic E-state index is 12.5. The van der Waals surface area contributed by atoms with E-state index in [2.05, 4.69) is 12.2 Å². The van der Waals surface area contributed by atoms with Crippen molar-refractivity contribution in [2.24, 2.45) is 0 Å². The minimum Gasteiger partial charge on any atom is -0.508 e. The molecule has 9 nitrogen and oxygen atoms in total. The number of benzene rings is 4. The zero-order valence-electron chi connectivity index (χ0n) is 20.5. The summed E-state index contributed by atoms with van der Waals surface area (Å²) in [4.78, 5) is 23.3. The fraction of sp³-hybridized carbons (Fsp3) is 0.0333. The molecule has 2 aliphatic rings. The normalized spacial score (nSPS) is 13.2. The summed E-state index contributed by atoms with van der Waals surface area (Å²) in [5, 5.41) is 36.7. The highest BCUT2D eigenvalue weighted by atomic mass is 32.1. The van der Waals surface area contributed by atoms with Crippen LogP contribution in [0.3, 0.4) is 0 Å². The second-order valence-electron chi connectivity index (χ2n) is 8.64. The molecule has 4 aromatic carbocycles. The molecular formula is C30H19NO8S. The summed E-state index contributed by atoms with van der Waals surface area (Å²) in [5.41, 5.74) is 1.07. The van der Waals surface area contributed by atoms with E-state index >= 15 is 0 Å². The summed E-state index contributed by atoms with van der Waals surface area (Å²) in [6.45, 7) is 0. The van der Waals surface area contributed by atoms with Gasteiger partial charge in [0.15, 0.2) is 5.60 Å². The second-order valence-corrected chi connectivity index (χ2v) is 8.84. The number of fused-ring (bicyclic) bond motifs is 7. The second kappa shape index (κ2) is 10.4. The number of ether oxygens (including phenoxy) is 2. The fourth-order valence-corrected chi connectivity index (χ4v) is 4.70. The van der Waals surface area contributed by atoms with Crippen molar-refractivity contribution in [1.82, 2.24) is 0 Å². The smallest absolute Gasteiger partial charge is 0.378 e. The van der Waals surface area contributed by atoms with Crippen LogP contribution in [-0.4, -0.2) is 26.5 Å². The summed E-state index contributed by atoms with van der Waals surface area (Å²) < 4.78 is 16.6. The molecule has 7 rings (SSSR count). The molecule has 4 N–H and O–H groups in total. The third-order valence-electron chi connectivity index (χ3n) is 6.30. The number of hydrogen-bond acceptors (Lipinski definition) is 10. The molecule has 0 amide bonds. The van der Waals surface area contributed by atoms with Gasteiger partial charge in [-0.05, 0) is 54.7 Å². The monoisotopic (exact) mass is 553 g/mol. The van der Waals surface area contributed by atoms with Crippen LogP contribution in [0.25, 0.3) is 11.0 Å². The average molecular weight is 554 g/mol. The first kappa shape index (κ1) is 26.2. The lowest BCUT2D eigenvalue weighted by atomic mass is 9.77. The van der Waals surface area contributed by atoms with Crippen molar-refractivity contribution in [3.05, 3.63) is 124 Å². The molecule has 0 radical (unpaired) electrons. The Morgan fingerprint density at radius 2 is 1.32 bits per heavy atom. The number of thiocarbonyl (C=S) groups is 1. The van der Waals surface area contributed by atoms with Crippen LogP contribution in [0.15, 0.2) is 100 Å². The van der Waals surface area contributed by atoms with E-state index in [4.69, 9.17) is 24.4 Å². The van der Waals surface area contributed by atoms with Crippen molar-refractivity contribution in [2.75, 3.05) is 0 Å². The Morgan fingerprint density at radius 1 is 0.750 bits per heavy atom. The van der Waals surface area contributed by atoms with Gasteiger partial charge in [0, 0.05) is 34.2 Å². The SMILES string of the molecule is N=C=S.O=C1OC2(c3ccc(O)cc3Oc3cc(O)ccc32)c2ccccc21.O=c1oc2ccccc2cc1O. The van der Waals surface area contributed by atoms with E-state index in [1.165, 1.54) is 30.3 Å². The summed E-state index contributed by atoms with van der Waals surface area (Å²) in [5.74, 6) is 0.0553. The Balaban J connectivity index is 0.000000180. The fourth-order valence-electron chi connectivity index (χ4n) is 4.70. The van der Waals surface area contributed by atoms with Gasteiger partial charge in [-0.25, -0.2) is 15.0 Å². The van der Waals surface area contributed by atoms with Gasteiger partial charge in [-0.1, -0.05) is 36.4 Å². The third kappa shape index (κ3) is 4.43. The Bertz CT molecular complexity index is 1820. The van der Waals surface area contributed by atoms with Crippen LogP contribution in [0.5, 0.6) is 28.7 Å². The van der Waals surface area contributed by atoms with Crippen molar-refractivity contribution in [2.45, 2.75) is 5.60 Å². The van der Waals surface area contributed by atoms with Crippen LogP contribution in [0.1, 0.15) is 27.0 Å². The number of esters is 1. The maximum Gasteiger partial charge on any atom is 0.378 e. The van der Waals surface area contributed by atoms with E-state index in [1.54, 1.807) is 47.6 Å². The molecule has 0 fully saturated rings. The molecule has 198 valence electrons. The molecule has 3 heterocycles. The van der Waals surface area contributed by atoms with E-state index in [0.717, 1.165) is 5.39 Å². The first-order valence-corrected chi connectivity index (χ1v) is 12.1. The quantitative estimate of drug-likeness (QED) is 0.0803. The van der Waals surface area contributed by atoms with Gasteiger partial charge < -0.3 is 29.2 Å². The van der Waals surface area contributed by atoms with Gasteiger partial charge in [0.1, 0.15) is 28.6 Å². The van der Waals surface area contributed by atoms with Crippen molar-refractivity contribution in [3.63, 3.8) is 0 Å². The molecule has 5 aromatic rings. The standard InChI is InChI=1S/C20H12O5.C9H6O3.CHNS/c21-11-5-7-15-17(9-11)24-18-10-12(22)6-8-16(18)20(15)14-4-2-1-3-13(14)19(23)25-20;10-7-5-6-3-1-2-4-8(6)12-9(7)11;2-1-3/h1-10,21-22H;1-5,10H;2H. The Morgan fingerprint density at radius 3 is 1.98 bits per heavy atom. The van der Waals surface area contributed by atoms with E-state index in [0.29, 0.717) is 39.3 Å². The van der Waals surface area contributed by atoms with Gasteiger partial charge in [-0.15, -0.1) is 0 Å². The van der Waals surface area contributed by atoms with Crippen LogP contribution in [0.2, 0.25) is 0 Å². The Labute approximate surface area is 231 Å². The summed E-state index contributed by atoms with van der Waals surface area (Å²) >= 11 is 3.81. The average Bonchev–Trinajstić information content (AvgIpc) is 3.22. The number of nitrogens with one attached hydrogen (secondary N) is 1. The lowest BCUT2D eigenvalue weighted by Crippen LogP contribution is -2.32. The van der Waals surface area contributed by atoms with Crippen LogP contribution in [-0.2, 0) is 10.3 Å². The number of rotatable bonds is 0. The first-order valence-electron chi connectivity index (χ1n) is 11.7. The Hall–Kier alpha value is -5.44. The molecule has 0 bridgehead atoms. The highest BCUT2D eigenvalue weighted by Gasteiger charge is 2.53. The van der Waals surface area contributed by atoms with Crippen LogP contribution in [0, 0.1) is 5.41 Å². The third-order valence-corrected chi connectivity index (χ3v) is 6.30. The minimum atomic E-state index is -1.17. The van der Waals surface area contributed by atoms with Crippen molar-refractivity contribution in [3.8, 4) is 28.7 Å². The van der Waals surface area contributed by atoms with Crippen LogP contribution >= 0.6 is 12.2 Å². The number of isothiocyanates is 1. The van der Waals surface area contributed by atoms with Gasteiger partial charge in [0.2, 0.25) is 5.75 Å². The first-order chi connectivity index (χ1) is 19.3. The minimum absolute atomic E-state index is 0.0371. The lowest BCUT2D eigenvalue weighted by molar-refractivity contribution is 0.0224. The van der Waals surface area contributed by atoms with Gasteiger partial charge in [-0.2, -0.15) is 0 Å². The number of phenols is 2. The number of carbonyl (C=O) groups is 1. The largest absolute Gasteiger partial charge is 0.508 e. The van der Waals surface area contributed by atoms with Gasteiger partial charge in [0.05, 0.1) is 10.7 Å².